The molecular formula is C33H25N3O3. The van der Waals surface area contributed by atoms with Gasteiger partial charge in [-0.3, -0.25) is 14.2 Å². The first-order chi connectivity index (χ1) is 19.2. The van der Waals surface area contributed by atoms with E-state index in [1.807, 2.05) is 109 Å². The number of para-hydroxylation sites is 2. The van der Waals surface area contributed by atoms with Crippen molar-refractivity contribution >= 4 is 16.9 Å². The lowest BCUT2D eigenvalue weighted by Gasteiger charge is -2.23. The monoisotopic (exact) mass is 511 g/mol. The Kier molecular flexibility index (Phi) is 6.58. The molecule has 2 aromatic heterocycles. The molecule has 1 amide bonds. The van der Waals surface area contributed by atoms with Gasteiger partial charge in [-0.25, -0.2) is 4.98 Å². The molecule has 39 heavy (non-hydrogen) atoms. The van der Waals surface area contributed by atoms with Crippen LogP contribution in [0.2, 0.25) is 0 Å². The molecular weight excluding hydrogens is 486 g/mol. The molecule has 6 nitrogen and oxygen atoms in total. The van der Waals surface area contributed by atoms with Crippen LogP contribution in [0.3, 0.4) is 0 Å². The minimum absolute atomic E-state index is 0.153. The highest BCUT2D eigenvalue weighted by Gasteiger charge is 2.28. The predicted molar refractivity (Wildman–Crippen MR) is 152 cm³/mol. The first-order valence-electron chi connectivity index (χ1n) is 12.7. The van der Waals surface area contributed by atoms with E-state index in [0.29, 0.717) is 28.9 Å². The van der Waals surface area contributed by atoms with Gasteiger partial charge >= 0.3 is 0 Å². The largest absolute Gasteiger partial charge is 0.463 e. The molecule has 0 spiro atoms. The van der Waals surface area contributed by atoms with Crippen LogP contribution in [-0.4, -0.2) is 15.5 Å². The fourth-order valence-corrected chi connectivity index (χ4v) is 4.77. The Morgan fingerprint density at radius 2 is 1.44 bits per heavy atom. The molecule has 0 saturated heterocycles. The van der Waals surface area contributed by atoms with Crippen LogP contribution in [0, 0.1) is 0 Å². The zero-order valence-corrected chi connectivity index (χ0v) is 21.0. The van der Waals surface area contributed by atoms with Crippen LogP contribution in [0.1, 0.15) is 17.2 Å². The number of furan rings is 1. The number of carbonyl (C=O) groups excluding carboxylic acids is 1. The van der Waals surface area contributed by atoms with Gasteiger partial charge < -0.3 is 9.73 Å². The number of nitrogens with one attached hydrogen (secondary N) is 1. The zero-order chi connectivity index (χ0) is 26.6. The standard InChI is InChI=1S/C33H25N3O3/c37-32(34-22-23-10-3-1-4-11-23)31(26-19-17-25(18-20-26)24-12-5-2-6-13-24)36-28-15-8-7-14-27(28)35-30(33(36)38)29-16-9-21-39-29/h1-21,31H,22H2,(H,34,37). The van der Waals surface area contributed by atoms with Crippen LogP contribution in [0.4, 0.5) is 0 Å². The number of carbonyl (C=O) groups is 1. The average molecular weight is 512 g/mol. The normalized spacial score (nSPS) is 11.8. The molecule has 0 radical (unpaired) electrons. The highest BCUT2D eigenvalue weighted by atomic mass is 16.3. The van der Waals surface area contributed by atoms with Gasteiger partial charge in [0.2, 0.25) is 5.91 Å². The molecule has 190 valence electrons. The summed E-state index contributed by atoms with van der Waals surface area (Å²) in [5.41, 5.74) is 4.63. The fraction of sp³-hybridized carbons (Fsp3) is 0.0606. The molecule has 0 aliphatic rings. The lowest BCUT2D eigenvalue weighted by molar-refractivity contribution is -0.123. The minimum Gasteiger partial charge on any atom is -0.463 e. The van der Waals surface area contributed by atoms with Crippen molar-refractivity contribution in [2.24, 2.45) is 0 Å². The summed E-state index contributed by atoms with van der Waals surface area (Å²) in [6, 6.07) is 37.3. The van der Waals surface area contributed by atoms with Crippen molar-refractivity contribution in [3.8, 4) is 22.6 Å². The maximum absolute atomic E-state index is 14.0. The summed E-state index contributed by atoms with van der Waals surface area (Å²) in [7, 11) is 0. The number of nitrogens with zero attached hydrogens (tertiary/aromatic N) is 2. The minimum atomic E-state index is -0.937. The van der Waals surface area contributed by atoms with E-state index < -0.39 is 11.6 Å². The van der Waals surface area contributed by atoms with Gasteiger partial charge in [-0.05, 0) is 46.5 Å². The van der Waals surface area contributed by atoms with E-state index in [2.05, 4.69) is 10.3 Å². The van der Waals surface area contributed by atoms with E-state index in [-0.39, 0.29) is 11.6 Å². The third-order valence-corrected chi connectivity index (χ3v) is 6.70. The van der Waals surface area contributed by atoms with Crippen LogP contribution in [-0.2, 0) is 11.3 Å². The first kappa shape index (κ1) is 24.1. The third-order valence-electron chi connectivity index (χ3n) is 6.70. The number of aromatic nitrogens is 2. The number of rotatable bonds is 7. The molecule has 0 saturated carbocycles. The topological polar surface area (TPSA) is 77.1 Å². The number of benzene rings is 4. The number of hydrogen-bond acceptors (Lipinski definition) is 4. The van der Waals surface area contributed by atoms with Crippen molar-refractivity contribution in [2.75, 3.05) is 0 Å². The summed E-state index contributed by atoms with van der Waals surface area (Å²) < 4.78 is 7.07. The molecule has 0 aliphatic carbocycles. The van der Waals surface area contributed by atoms with E-state index in [4.69, 9.17) is 4.42 Å². The second-order valence-corrected chi connectivity index (χ2v) is 9.20. The van der Waals surface area contributed by atoms with Crippen LogP contribution in [0.25, 0.3) is 33.6 Å². The van der Waals surface area contributed by atoms with Crippen molar-refractivity contribution in [1.29, 1.82) is 0 Å². The lowest BCUT2D eigenvalue weighted by atomic mass is 9.99. The Morgan fingerprint density at radius 3 is 2.15 bits per heavy atom. The maximum atomic E-state index is 14.0. The molecule has 4 aromatic carbocycles. The third kappa shape index (κ3) is 4.88. The maximum Gasteiger partial charge on any atom is 0.281 e. The molecule has 0 fully saturated rings. The Balaban J connectivity index is 1.50. The van der Waals surface area contributed by atoms with Crippen molar-refractivity contribution in [3.05, 3.63) is 149 Å². The highest BCUT2D eigenvalue weighted by molar-refractivity contribution is 5.87. The molecule has 0 aliphatic heterocycles. The lowest BCUT2D eigenvalue weighted by Crippen LogP contribution is -2.38. The Bertz CT molecular complexity index is 1780. The highest BCUT2D eigenvalue weighted by Crippen LogP contribution is 2.27. The average Bonchev–Trinajstić information content (AvgIpc) is 3.53. The summed E-state index contributed by atoms with van der Waals surface area (Å²) in [6.45, 7) is 0.334. The van der Waals surface area contributed by atoms with Gasteiger partial charge in [0, 0.05) is 6.54 Å². The zero-order valence-electron chi connectivity index (χ0n) is 21.0. The SMILES string of the molecule is O=C(NCc1ccccc1)C(c1ccc(-c2ccccc2)cc1)n1c(=O)c(-c2ccco2)nc2ccccc21. The molecule has 1 unspecified atom stereocenters. The summed E-state index contributed by atoms with van der Waals surface area (Å²) in [6.07, 6.45) is 1.50. The Labute approximate surface area is 225 Å². The summed E-state index contributed by atoms with van der Waals surface area (Å²) in [4.78, 5) is 32.6. The Morgan fingerprint density at radius 1 is 0.769 bits per heavy atom. The van der Waals surface area contributed by atoms with E-state index in [1.165, 1.54) is 10.8 Å². The van der Waals surface area contributed by atoms with Gasteiger partial charge in [0.25, 0.3) is 5.56 Å². The van der Waals surface area contributed by atoms with Gasteiger partial charge in [-0.15, -0.1) is 0 Å². The fourth-order valence-electron chi connectivity index (χ4n) is 4.77. The van der Waals surface area contributed by atoms with Gasteiger partial charge in [-0.1, -0.05) is 97.1 Å². The quantitative estimate of drug-likeness (QED) is 0.276. The van der Waals surface area contributed by atoms with Crippen LogP contribution in [0.5, 0.6) is 0 Å². The van der Waals surface area contributed by atoms with Crippen molar-refractivity contribution in [2.45, 2.75) is 12.6 Å². The molecule has 6 aromatic rings. The molecule has 1 atom stereocenters. The van der Waals surface area contributed by atoms with E-state index in [0.717, 1.165) is 16.7 Å². The number of fused-ring (bicyclic) bond motifs is 1. The molecule has 2 heterocycles. The van der Waals surface area contributed by atoms with Crippen molar-refractivity contribution in [3.63, 3.8) is 0 Å². The van der Waals surface area contributed by atoms with E-state index >= 15 is 0 Å². The second-order valence-electron chi connectivity index (χ2n) is 9.20. The van der Waals surface area contributed by atoms with Crippen molar-refractivity contribution in [1.82, 2.24) is 14.9 Å². The van der Waals surface area contributed by atoms with E-state index in [9.17, 15) is 9.59 Å². The summed E-state index contributed by atoms with van der Waals surface area (Å²) >= 11 is 0. The van der Waals surface area contributed by atoms with E-state index in [1.54, 1.807) is 12.1 Å². The number of amides is 1. The van der Waals surface area contributed by atoms with Crippen LogP contribution in [0.15, 0.2) is 137 Å². The molecule has 1 N–H and O–H groups in total. The molecule has 6 heteroatoms. The second kappa shape index (κ2) is 10.6. The van der Waals surface area contributed by atoms with Gasteiger partial charge in [-0.2, -0.15) is 0 Å². The van der Waals surface area contributed by atoms with Crippen LogP contribution < -0.4 is 10.9 Å². The smallest absolute Gasteiger partial charge is 0.281 e. The van der Waals surface area contributed by atoms with Gasteiger partial charge in [0.1, 0.15) is 6.04 Å². The predicted octanol–water partition coefficient (Wildman–Crippen LogP) is 6.23. The van der Waals surface area contributed by atoms with Gasteiger partial charge in [0.05, 0.1) is 17.3 Å². The summed E-state index contributed by atoms with van der Waals surface area (Å²) in [5.74, 6) is 0.0533. The van der Waals surface area contributed by atoms with Gasteiger partial charge in [0.15, 0.2) is 11.5 Å². The summed E-state index contributed by atoms with van der Waals surface area (Å²) in [5, 5.41) is 3.05. The molecule has 0 bridgehead atoms. The van der Waals surface area contributed by atoms with Crippen LogP contribution >= 0.6 is 0 Å². The molecule has 6 rings (SSSR count). The van der Waals surface area contributed by atoms with Crippen molar-refractivity contribution < 1.29 is 9.21 Å². The Hall–Kier alpha value is -5.23. The first-order valence-corrected chi connectivity index (χ1v) is 12.7. The number of hydrogen-bond donors (Lipinski definition) is 1.